The number of nitro benzene ring substituents is 1. The SMILES string of the molecule is O=C(N/N=C/c1cccc(OCc2cccc3ccccc23)c1)c1cc([N+](=O)[O-])ccc1O. The van der Waals surface area contributed by atoms with Crippen molar-refractivity contribution in [3.63, 3.8) is 0 Å². The van der Waals surface area contributed by atoms with Crippen molar-refractivity contribution >= 4 is 28.6 Å². The second-order valence-corrected chi connectivity index (χ2v) is 7.16. The third kappa shape index (κ3) is 5.13. The van der Waals surface area contributed by atoms with Gasteiger partial charge < -0.3 is 9.84 Å². The Morgan fingerprint density at radius 3 is 2.67 bits per heavy atom. The molecule has 0 bridgehead atoms. The first-order chi connectivity index (χ1) is 16.0. The first kappa shape index (κ1) is 21.5. The maximum Gasteiger partial charge on any atom is 0.275 e. The Morgan fingerprint density at radius 2 is 1.82 bits per heavy atom. The van der Waals surface area contributed by atoms with Crippen LogP contribution in [0.25, 0.3) is 10.8 Å². The molecule has 8 heteroatoms. The molecule has 0 saturated carbocycles. The summed E-state index contributed by atoms with van der Waals surface area (Å²) in [4.78, 5) is 22.5. The number of carbonyl (C=O) groups excluding carboxylic acids is 1. The average molecular weight is 441 g/mol. The fourth-order valence-electron chi connectivity index (χ4n) is 3.31. The minimum absolute atomic E-state index is 0.242. The van der Waals surface area contributed by atoms with E-state index in [1.54, 1.807) is 18.2 Å². The molecule has 164 valence electrons. The number of amides is 1. The molecule has 8 nitrogen and oxygen atoms in total. The summed E-state index contributed by atoms with van der Waals surface area (Å²) in [6, 6.07) is 24.5. The molecule has 4 aromatic rings. The van der Waals surface area contributed by atoms with Crippen molar-refractivity contribution in [1.29, 1.82) is 0 Å². The highest BCUT2D eigenvalue weighted by atomic mass is 16.6. The average Bonchev–Trinajstić information content (AvgIpc) is 2.83. The minimum Gasteiger partial charge on any atom is -0.507 e. The van der Waals surface area contributed by atoms with E-state index in [4.69, 9.17) is 4.74 Å². The van der Waals surface area contributed by atoms with Crippen molar-refractivity contribution < 1.29 is 19.6 Å². The highest BCUT2D eigenvalue weighted by Gasteiger charge is 2.16. The lowest BCUT2D eigenvalue weighted by molar-refractivity contribution is -0.384. The zero-order valence-corrected chi connectivity index (χ0v) is 17.3. The number of nitrogens with one attached hydrogen (secondary N) is 1. The summed E-state index contributed by atoms with van der Waals surface area (Å²) < 4.78 is 5.94. The predicted molar refractivity (Wildman–Crippen MR) is 125 cm³/mol. The fourth-order valence-corrected chi connectivity index (χ4v) is 3.31. The number of benzene rings is 4. The van der Waals surface area contributed by atoms with E-state index in [2.05, 4.69) is 28.7 Å². The Balaban J connectivity index is 1.41. The molecule has 0 saturated heterocycles. The van der Waals surface area contributed by atoms with Crippen molar-refractivity contribution in [2.75, 3.05) is 0 Å². The Bertz CT molecular complexity index is 1360. The molecule has 4 rings (SSSR count). The van der Waals surface area contributed by atoms with Gasteiger partial charge in [0, 0.05) is 12.1 Å². The number of hydrazone groups is 1. The molecule has 0 radical (unpaired) electrons. The molecule has 0 fully saturated rings. The van der Waals surface area contributed by atoms with Crippen molar-refractivity contribution in [3.05, 3.63) is 112 Å². The lowest BCUT2D eigenvalue weighted by Gasteiger charge is -2.09. The van der Waals surface area contributed by atoms with Gasteiger partial charge in [0.25, 0.3) is 11.6 Å². The van der Waals surface area contributed by atoms with Gasteiger partial charge in [-0.3, -0.25) is 14.9 Å². The fraction of sp³-hybridized carbons (Fsp3) is 0.0400. The van der Waals surface area contributed by atoms with Crippen molar-refractivity contribution in [1.82, 2.24) is 5.43 Å². The number of nitrogens with zero attached hydrogens (tertiary/aromatic N) is 2. The third-order valence-corrected chi connectivity index (χ3v) is 4.95. The third-order valence-electron chi connectivity index (χ3n) is 4.95. The summed E-state index contributed by atoms with van der Waals surface area (Å²) in [5.41, 5.74) is 3.45. The van der Waals surface area contributed by atoms with Crippen LogP contribution in [0.15, 0.2) is 90.0 Å². The Morgan fingerprint density at radius 1 is 1.03 bits per heavy atom. The molecule has 0 unspecified atom stereocenters. The number of phenolic OH excluding ortho intramolecular Hbond substituents is 1. The zero-order valence-electron chi connectivity index (χ0n) is 17.3. The van der Waals surface area contributed by atoms with Crippen LogP contribution in [0.4, 0.5) is 5.69 Å². The van der Waals surface area contributed by atoms with E-state index >= 15 is 0 Å². The van der Waals surface area contributed by atoms with E-state index in [1.165, 1.54) is 6.21 Å². The van der Waals surface area contributed by atoms with Crippen LogP contribution in [-0.2, 0) is 6.61 Å². The first-order valence-electron chi connectivity index (χ1n) is 10.0. The van der Waals surface area contributed by atoms with Crippen molar-refractivity contribution in [3.8, 4) is 11.5 Å². The molecule has 0 heterocycles. The summed E-state index contributed by atoms with van der Waals surface area (Å²) in [6.45, 7) is 0.394. The summed E-state index contributed by atoms with van der Waals surface area (Å²) in [7, 11) is 0. The second kappa shape index (κ2) is 9.61. The summed E-state index contributed by atoms with van der Waals surface area (Å²) in [5, 5.41) is 26.8. The molecule has 0 spiro atoms. The largest absolute Gasteiger partial charge is 0.507 e. The number of carbonyl (C=O) groups is 1. The molecule has 0 aliphatic carbocycles. The van der Waals surface area contributed by atoms with Crippen molar-refractivity contribution in [2.45, 2.75) is 6.61 Å². The van der Waals surface area contributed by atoms with Crippen LogP contribution in [0.1, 0.15) is 21.5 Å². The molecule has 0 aromatic heterocycles. The molecular weight excluding hydrogens is 422 g/mol. The number of non-ortho nitro benzene ring substituents is 1. The normalized spacial score (nSPS) is 10.9. The molecule has 0 aliphatic heterocycles. The second-order valence-electron chi connectivity index (χ2n) is 7.16. The molecule has 4 aromatic carbocycles. The van der Waals surface area contributed by atoms with Gasteiger partial charge in [-0.15, -0.1) is 0 Å². The van der Waals surface area contributed by atoms with E-state index < -0.39 is 10.8 Å². The van der Waals surface area contributed by atoms with E-state index in [1.807, 2.05) is 30.3 Å². The highest BCUT2D eigenvalue weighted by Crippen LogP contribution is 2.23. The highest BCUT2D eigenvalue weighted by molar-refractivity contribution is 5.98. The van der Waals surface area contributed by atoms with Crippen LogP contribution in [0.3, 0.4) is 0 Å². The van der Waals surface area contributed by atoms with Crippen LogP contribution < -0.4 is 10.2 Å². The molecular formula is C25H19N3O5. The summed E-state index contributed by atoms with van der Waals surface area (Å²) in [5.74, 6) is -0.512. The number of rotatable bonds is 7. The summed E-state index contributed by atoms with van der Waals surface area (Å²) >= 11 is 0. The molecule has 0 aliphatic rings. The van der Waals surface area contributed by atoms with E-state index in [9.17, 15) is 20.0 Å². The van der Waals surface area contributed by atoms with Gasteiger partial charge in [-0.05, 0) is 40.1 Å². The number of ether oxygens (including phenoxy) is 1. The van der Waals surface area contributed by atoms with E-state index in [-0.39, 0.29) is 17.0 Å². The van der Waals surface area contributed by atoms with Crippen LogP contribution in [0.5, 0.6) is 11.5 Å². The van der Waals surface area contributed by atoms with Crippen molar-refractivity contribution in [2.24, 2.45) is 5.10 Å². The maximum absolute atomic E-state index is 12.2. The van der Waals surface area contributed by atoms with E-state index in [0.29, 0.717) is 17.9 Å². The van der Waals surface area contributed by atoms with Crippen LogP contribution in [-0.4, -0.2) is 22.2 Å². The van der Waals surface area contributed by atoms with Gasteiger partial charge in [-0.1, -0.05) is 54.6 Å². The Labute approximate surface area is 188 Å². The maximum atomic E-state index is 12.2. The van der Waals surface area contributed by atoms with Gasteiger partial charge in [0.05, 0.1) is 16.7 Å². The Kier molecular flexibility index (Phi) is 6.26. The van der Waals surface area contributed by atoms with Crippen LogP contribution in [0.2, 0.25) is 0 Å². The lowest BCUT2D eigenvalue weighted by Crippen LogP contribution is -2.18. The van der Waals surface area contributed by atoms with Gasteiger partial charge in [-0.25, -0.2) is 5.43 Å². The summed E-state index contributed by atoms with van der Waals surface area (Å²) in [6.07, 6.45) is 1.41. The monoisotopic (exact) mass is 441 g/mol. The first-order valence-corrected chi connectivity index (χ1v) is 10.0. The van der Waals surface area contributed by atoms with Crippen LogP contribution in [0, 0.1) is 10.1 Å². The molecule has 33 heavy (non-hydrogen) atoms. The molecule has 2 N–H and O–H groups in total. The Hall–Kier alpha value is -4.72. The number of fused-ring (bicyclic) bond motifs is 1. The standard InChI is InChI=1S/C25H19N3O5/c29-24-12-11-20(28(31)32)14-23(24)25(30)27-26-15-17-5-3-9-21(13-17)33-16-19-8-4-7-18-6-1-2-10-22(18)19/h1-15,29H,16H2,(H,27,30)/b26-15+. The predicted octanol–water partition coefficient (Wildman–Crippen LogP) is 4.80. The zero-order chi connectivity index (χ0) is 23.2. The van der Waals surface area contributed by atoms with E-state index in [0.717, 1.165) is 34.5 Å². The smallest absolute Gasteiger partial charge is 0.275 e. The van der Waals surface area contributed by atoms with Gasteiger partial charge in [-0.2, -0.15) is 5.10 Å². The number of aromatic hydroxyl groups is 1. The number of phenols is 1. The molecule has 0 atom stereocenters. The quantitative estimate of drug-likeness (QED) is 0.243. The van der Waals surface area contributed by atoms with Gasteiger partial charge in [0.15, 0.2) is 0 Å². The topological polar surface area (TPSA) is 114 Å². The number of hydrogen-bond donors (Lipinski definition) is 2. The molecule has 1 amide bonds. The van der Waals surface area contributed by atoms with Gasteiger partial charge >= 0.3 is 0 Å². The minimum atomic E-state index is -0.768. The number of hydrogen-bond acceptors (Lipinski definition) is 6. The van der Waals surface area contributed by atoms with Gasteiger partial charge in [0.2, 0.25) is 0 Å². The lowest BCUT2D eigenvalue weighted by atomic mass is 10.1. The van der Waals surface area contributed by atoms with Gasteiger partial charge in [0.1, 0.15) is 18.1 Å². The van der Waals surface area contributed by atoms with Crippen LogP contribution >= 0.6 is 0 Å². The number of nitro groups is 1.